The summed E-state index contributed by atoms with van der Waals surface area (Å²) in [6, 6.07) is 8.80. The van der Waals surface area contributed by atoms with Crippen molar-refractivity contribution in [3.8, 4) is 16.9 Å². The Morgan fingerprint density at radius 1 is 1.03 bits per heavy atom. The Kier molecular flexibility index (Phi) is 7.03. The number of nitrogens with zero attached hydrogens (tertiary/aromatic N) is 1. The number of pyridine rings is 2. The lowest BCUT2D eigenvalue weighted by molar-refractivity contribution is 0.383. The molecule has 2 aromatic carbocycles. The van der Waals surface area contributed by atoms with Crippen LogP contribution in [0, 0.1) is 12.7 Å². The summed E-state index contributed by atoms with van der Waals surface area (Å²) in [4.78, 5) is 32.6. The van der Waals surface area contributed by atoms with Crippen molar-refractivity contribution in [3.05, 3.63) is 74.0 Å². The average molecular weight is 452 g/mol. The minimum Gasteiger partial charge on any atom is -0.504 e. The predicted molar refractivity (Wildman–Crippen MR) is 133 cm³/mol. The number of rotatable bonds is 4. The lowest BCUT2D eigenvalue weighted by atomic mass is 9.92. The second-order valence-corrected chi connectivity index (χ2v) is 8.24. The van der Waals surface area contributed by atoms with Crippen molar-refractivity contribution in [3.63, 3.8) is 0 Å². The fourth-order valence-electron chi connectivity index (χ4n) is 4.22. The Labute approximate surface area is 191 Å². The van der Waals surface area contributed by atoms with Crippen LogP contribution in [0.5, 0.6) is 5.75 Å². The Morgan fingerprint density at radius 3 is 2.27 bits per heavy atom. The summed E-state index contributed by atoms with van der Waals surface area (Å²) >= 11 is 0. The molecule has 2 aromatic heterocycles. The monoisotopic (exact) mass is 451 g/mol. The highest BCUT2D eigenvalue weighted by Gasteiger charge is 2.22. The van der Waals surface area contributed by atoms with Crippen LogP contribution in [0.25, 0.3) is 32.9 Å². The largest absolute Gasteiger partial charge is 0.504 e. The number of aryl methyl sites for hydroxylation is 1. The van der Waals surface area contributed by atoms with Crippen LogP contribution >= 0.6 is 0 Å². The van der Waals surface area contributed by atoms with Crippen LogP contribution in [-0.4, -0.2) is 40.6 Å². The Hall–Kier alpha value is -3.45. The highest BCUT2D eigenvalue weighted by Crippen LogP contribution is 2.41. The standard InChI is InChI=1S/C24H24FN3O3.C2H6/c1-12(11-28(3)4)14-5-7-15(8-6-14)17-19-21(13(2)20(25)23(17)30)27-24(31)18-16(29)9-10-26-22(18)19;1-2/h5-10,12,30H,11H2,1-4H3,(H,26,29)(H,27,31);1-2H3. The Balaban J connectivity index is 0.00000149. The van der Waals surface area contributed by atoms with Crippen molar-refractivity contribution in [1.82, 2.24) is 14.9 Å². The maximum atomic E-state index is 14.9. The molecule has 0 fully saturated rings. The molecule has 0 radical (unpaired) electrons. The normalized spacial score (nSPS) is 12.1. The first-order chi connectivity index (χ1) is 15.7. The summed E-state index contributed by atoms with van der Waals surface area (Å²) < 4.78 is 14.9. The lowest BCUT2D eigenvalue weighted by Gasteiger charge is -2.18. The lowest BCUT2D eigenvalue weighted by Crippen LogP contribution is -2.18. The summed E-state index contributed by atoms with van der Waals surface area (Å²) in [6.07, 6.45) is 1.44. The second-order valence-electron chi connectivity index (χ2n) is 8.24. The van der Waals surface area contributed by atoms with Gasteiger partial charge in [-0.15, -0.1) is 0 Å². The fourth-order valence-corrected chi connectivity index (χ4v) is 4.22. The molecule has 0 aliphatic carbocycles. The van der Waals surface area contributed by atoms with Crippen LogP contribution in [0.2, 0.25) is 0 Å². The van der Waals surface area contributed by atoms with Gasteiger partial charge < -0.3 is 20.0 Å². The maximum Gasteiger partial charge on any atom is 0.261 e. The van der Waals surface area contributed by atoms with E-state index in [1.807, 2.05) is 52.2 Å². The third-order valence-electron chi connectivity index (χ3n) is 5.73. The van der Waals surface area contributed by atoms with Gasteiger partial charge in [-0.2, -0.15) is 0 Å². The molecule has 0 aliphatic heterocycles. The van der Waals surface area contributed by atoms with Crippen molar-refractivity contribution < 1.29 is 9.50 Å². The van der Waals surface area contributed by atoms with E-state index in [9.17, 15) is 19.1 Å². The first-order valence-corrected chi connectivity index (χ1v) is 11.0. The summed E-state index contributed by atoms with van der Waals surface area (Å²) in [6.45, 7) is 8.48. The third kappa shape index (κ3) is 4.28. The molecule has 7 heteroatoms. The number of hydrogen-bond donors (Lipinski definition) is 3. The number of fused-ring (bicyclic) bond motifs is 3. The van der Waals surface area contributed by atoms with Gasteiger partial charge in [0.05, 0.1) is 11.0 Å². The van der Waals surface area contributed by atoms with Crippen LogP contribution in [-0.2, 0) is 0 Å². The Bertz CT molecular complexity index is 1420. The predicted octanol–water partition coefficient (Wildman–Crippen LogP) is 4.88. The first kappa shape index (κ1) is 24.2. The molecule has 0 saturated carbocycles. The molecule has 1 atom stereocenters. The van der Waals surface area contributed by atoms with E-state index in [0.29, 0.717) is 10.9 Å². The van der Waals surface area contributed by atoms with Gasteiger partial charge in [0.1, 0.15) is 5.39 Å². The van der Waals surface area contributed by atoms with E-state index in [4.69, 9.17) is 0 Å². The first-order valence-electron chi connectivity index (χ1n) is 11.0. The minimum atomic E-state index is -0.805. The SMILES string of the molecule is CC.Cc1c(F)c(O)c(-c2ccc(C(C)CN(C)C)cc2)c2c1[nH]c(=O)c1c(=O)cc[nH]c12. The van der Waals surface area contributed by atoms with Gasteiger partial charge in [-0.25, -0.2) is 4.39 Å². The second kappa shape index (κ2) is 9.58. The zero-order chi connectivity index (χ0) is 24.4. The Morgan fingerprint density at radius 2 is 1.67 bits per heavy atom. The summed E-state index contributed by atoms with van der Waals surface area (Å²) in [5.41, 5.74) is 1.50. The van der Waals surface area contributed by atoms with E-state index >= 15 is 0 Å². The number of benzene rings is 2. The summed E-state index contributed by atoms with van der Waals surface area (Å²) in [5.74, 6) is -1.03. The highest BCUT2D eigenvalue weighted by molar-refractivity contribution is 6.13. The number of phenols is 1. The van der Waals surface area contributed by atoms with Gasteiger partial charge in [-0.05, 0) is 38.1 Å². The molecular weight excluding hydrogens is 421 g/mol. The molecule has 0 amide bonds. The molecule has 2 heterocycles. The molecule has 174 valence electrons. The van der Waals surface area contributed by atoms with Crippen molar-refractivity contribution >= 4 is 21.8 Å². The highest BCUT2D eigenvalue weighted by atomic mass is 19.1. The van der Waals surface area contributed by atoms with E-state index in [0.717, 1.165) is 12.1 Å². The number of likely N-dealkylation sites (N-methyl/N-ethyl adjacent to an activating group) is 1. The van der Waals surface area contributed by atoms with Gasteiger partial charge in [0, 0.05) is 35.3 Å². The van der Waals surface area contributed by atoms with Gasteiger partial charge in [-0.1, -0.05) is 45.0 Å². The molecule has 0 aliphatic rings. The quantitative estimate of drug-likeness (QED) is 0.386. The maximum absolute atomic E-state index is 14.9. The number of phenolic OH excluding ortho intramolecular Hbond substituents is 1. The number of aromatic hydroxyl groups is 1. The number of nitrogens with one attached hydrogen (secondary N) is 2. The molecule has 0 saturated heterocycles. The molecule has 1 unspecified atom stereocenters. The molecule has 6 nitrogen and oxygen atoms in total. The minimum absolute atomic E-state index is 0.0575. The van der Waals surface area contributed by atoms with E-state index < -0.39 is 22.6 Å². The average Bonchev–Trinajstić information content (AvgIpc) is 2.79. The fraction of sp³-hybridized carbons (Fsp3) is 0.308. The smallest absolute Gasteiger partial charge is 0.261 e. The molecule has 4 rings (SSSR count). The zero-order valence-electron chi connectivity index (χ0n) is 19.8. The van der Waals surface area contributed by atoms with Crippen molar-refractivity contribution in [1.29, 1.82) is 0 Å². The summed E-state index contributed by atoms with van der Waals surface area (Å²) in [7, 11) is 4.02. The number of H-pyrrole nitrogens is 2. The third-order valence-corrected chi connectivity index (χ3v) is 5.73. The van der Waals surface area contributed by atoms with Crippen LogP contribution in [0.15, 0.2) is 46.1 Å². The zero-order valence-corrected chi connectivity index (χ0v) is 19.8. The van der Waals surface area contributed by atoms with Crippen LogP contribution in [0.1, 0.15) is 37.8 Å². The van der Waals surface area contributed by atoms with E-state index in [2.05, 4.69) is 21.8 Å². The number of halogens is 1. The number of hydrogen-bond acceptors (Lipinski definition) is 4. The van der Waals surface area contributed by atoms with E-state index in [1.165, 1.54) is 19.2 Å². The topological polar surface area (TPSA) is 89.2 Å². The van der Waals surface area contributed by atoms with Crippen LogP contribution < -0.4 is 11.0 Å². The van der Waals surface area contributed by atoms with Crippen LogP contribution in [0.4, 0.5) is 4.39 Å². The number of aromatic nitrogens is 2. The summed E-state index contributed by atoms with van der Waals surface area (Å²) in [5, 5.41) is 11.1. The molecular formula is C26H30FN3O3. The molecule has 0 spiro atoms. The van der Waals surface area contributed by atoms with Gasteiger partial charge >= 0.3 is 0 Å². The molecule has 3 N–H and O–H groups in total. The van der Waals surface area contributed by atoms with Crippen molar-refractivity contribution in [2.45, 2.75) is 33.6 Å². The van der Waals surface area contributed by atoms with Gasteiger partial charge in [0.25, 0.3) is 5.56 Å². The van der Waals surface area contributed by atoms with Crippen molar-refractivity contribution in [2.24, 2.45) is 0 Å². The van der Waals surface area contributed by atoms with Crippen molar-refractivity contribution in [2.75, 3.05) is 20.6 Å². The molecule has 0 bridgehead atoms. The molecule has 4 aromatic rings. The van der Waals surface area contributed by atoms with Crippen LogP contribution in [0.3, 0.4) is 0 Å². The van der Waals surface area contributed by atoms with E-state index in [1.54, 1.807) is 0 Å². The van der Waals surface area contributed by atoms with E-state index in [-0.39, 0.29) is 33.5 Å². The van der Waals surface area contributed by atoms with Gasteiger partial charge in [-0.3, -0.25) is 9.59 Å². The number of aromatic amines is 2. The van der Waals surface area contributed by atoms with Gasteiger partial charge in [0.2, 0.25) is 0 Å². The van der Waals surface area contributed by atoms with Gasteiger partial charge in [0.15, 0.2) is 17.0 Å². The molecule has 33 heavy (non-hydrogen) atoms.